The number of fused-ring (bicyclic) bond motifs is 1. The second kappa shape index (κ2) is 23.9. The van der Waals surface area contributed by atoms with Crippen LogP contribution in [0.15, 0.2) is 36.7 Å². The molecule has 4 rings (SSSR count). The number of phosphoric acid groups is 1. The van der Waals surface area contributed by atoms with Gasteiger partial charge in [-0.1, -0.05) is 110 Å². The lowest BCUT2D eigenvalue weighted by Gasteiger charge is -2.26. The summed E-state index contributed by atoms with van der Waals surface area (Å²) < 4.78 is 79.7. The summed E-state index contributed by atoms with van der Waals surface area (Å²) in [6.45, 7) is 0.646. The number of ether oxygens (including phenoxy) is 3. The zero-order valence-electron chi connectivity index (χ0n) is 34.1. The Hall–Kier alpha value is -4.00. The number of nitrogens with zero attached hydrogens (tertiary/aromatic N) is 5. The second-order valence-corrected chi connectivity index (χ2v) is 16.7. The van der Waals surface area contributed by atoms with Crippen molar-refractivity contribution in [2.75, 3.05) is 18.9 Å². The topological polar surface area (TPSA) is 228 Å². The number of benzene rings is 1. The number of unbranched alkanes of at least 4 members (excludes halogenated alkanes) is 16. The molecule has 1 unspecified atom stereocenters. The number of nitriles is 2. The largest absolute Gasteiger partial charge is 0.573 e. The minimum Gasteiger partial charge on any atom is -0.488 e. The Kier molecular flexibility index (Phi) is 19.3. The van der Waals surface area contributed by atoms with Crippen LogP contribution < -0.4 is 15.2 Å². The summed E-state index contributed by atoms with van der Waals surface area (Å²) in [5.41, 5.74) is 3.76. The third kappa shape index (κ3) is 14.9. The third-order valence-corrected chi connectivity index (χ3v) is 11.5. The van der Waals surface area contributed by atoms with Crippen molar-refractivity contribution in [1.82, 2.24) is 14.6 Å². The molecule has 15 nitrogen and oxygen atoms in total. The summed E-state index contributed by atoms with van der Waals surface area (Å²) in [7, 11) is -5.02. The van der Waals surface area contributed by atoms with Crippen molar-refractivity contribution in [3.63, 3.8) is 0 Å². The molecule has 3 heterocycles. The molecular formula is C41H58F3N6O9P. The summed E-state index contributed by atoms with van der Waals surface area (Å²) in [6, 6.07) is 9.68. The van der Waals surface area contributed by atoms with E-state index < -0.39 is 63.2 Å². The fourth-order valence-corrected chi connectivity index (χ4v) is 7.99. The molecule has 1 aliphatic rings. The predicted octanol–water partition coefficient (Wildman–Crippen LogP) is 8.76. The van der Waals surface area contributed by atoms with Crippen LogP contribution in [0.5, 0.6) is 11.5 Å². The van der Waals surface area contributed by atoms with Gasteiger partial charge in [-0.3, -0.25) is 9.05 Å². The van der Waals surface area contributed by atoms with E-state index in [9.17, 15) is 43.4 Å². The molecule has 0 saturated carbocycles. The molecule has 0 radical (unpaired) electrons. The molecule has 0 bridgehead atoms. The molecule has 60 heavy (non-hydrogen) atoms. The first-order valence-electron chi connectivity index (χ1n) is 20.8. The van der Waals surface area contributed by atoms with E-state index in [1.165, 1.54) is 87.3 Å². The van der Waals surface area contributed by atoms with E-state index in [1.807, 2.05) is 0 Å². The molecular weight excluding hydrogens is 808 g/mol. The molecule has 1 aliphatic heterocycles. The molecule has 3 aromatic rings. The Morgan fingerprint density at radius 1 is 0.933 bits per heavy atom. The van der Waals surface area contributed by atoms with Gasteiger partial charge in [0.2, 0.25) is 5.60 Å². The fourth-order valence-electron chi connectivity index (χ4n) is 7.21. The van der Waals surface area contributed by atoms with Crippen molar-refractivity contribution in [1.29, 1.82) is 10.5 Å². The van der Waals surface area contributed by atoms with Crippen LogP contribution in [0.1, 0.15) is 140 Å². The second-order valence-electron chi connectivity index (χ2n) is 15.2. The van der Waals surface area contributed by atoms with E-state index >= 15 is 0 Å². The van der Waals surface area contributed by atoms with Gasteiger partial charge < -0.3 is 35.1 Å². The molecule has 6 atom stereocenters. The van der Waals surface area contributed by atoms with Crippen molar-refractivity contribution in [3.05, 3.63) is 47.9 Å². The van der Waals surface area contributed by atoms with Gasteiger partial charge in [0, 0.05) is 6.07 Å². The normalized spacial score (nSPS) is 20.7. The molecule has 332 valence electrons. The number of aliphatic hydroxyl groups excluding tert-OH is 2. The Balaban J connectivity index is 1.29. The molecule has 0 amide bonds. The zero-order chi connectivity index (χ0) is 43.6. The molecule has 0 aliphatic carbocycles. The Labute approximate surface area is 349 Å². The number of phosphoric ester groups is 1. The number of aliphatic hydroxyl groups is 2. The number of alkyl halides is 3. The minimum atomic E-state index is -5.08. The van der Waals surface area contributed by atoms with Crippen molar-refractivity contribution in [2.24, 2.45) is 0 Å². The fraction of sp³-hybridized carbons (Fsp3) is 0.659. The van der Waals surface area contributed by atoms with Crippen LogP contribution in [0.25, 0.3) is 5.52 Å². The van der Waals surface area contributed by atoms with E-state index in [-0.39, 0.29) is 29.2 Å². The van der Waals surface area contributed by atoms with Gasteiger partial charge in [-0.25, -0.2) is 14.1 Å². The molecule has 1 fully saturated rings. The quantitative estimate of drug-likeness (QED) is 0.0395. The van der Waals surface area contributed by atoms with Crippen LogP contribution in [-0.4, -0.2) is 73.2 Å². The first-order valence-corrected chi connectivity index (χ1v) is 22.3. The average Bonchev–Trinajstić information content (AvgIpc) is 3.75. The highest BCUT2D eigenvalue weighted by atomic mass is 31.2. The number of nitrogens with two attached hydrogens (primary N) is 1. The highest BCUT2D eigenvalue weighted by molar-refractivity contribution is 7.47. The Bertz CT molecular complexity index is 1910. The highest BCUT2D eigenvalue weighted by Gasteiger charge is 2.57. The molecule has 5 N–H and O–H groups in total. The van der Waals surface area contributed by atoms with Crippen LogP contribution in [-0.2, 0) is 18.3 Å². The van der Waals surface area contributed by atoms with Gasteiger partial charge in [0.25, 0.3) is 0 Å². The van der Waals surface area contributed by atoms with Crippen LogP contribution >= 0.6 is 7.82 Å². The minimum absolute atomic E-state index is 0.113. The van der Waals surface area contributed by atoms with Crippen molar-refractivity contribution >= 4 is 19.2 Å². The summed E-state index contributed by atoms with van der Waals surface area (Å²) in [6.07, 6.45) is 10.3. The molecule has 19 heteroatoms. The maximum absolute atomic E-state index is 13.2. The molecule has 0 spiro atoms. The lowest BCUT2D eigenvalue weighted by molar-refractivity contribution is -0.274. The molecule has 2 aromatic heterocycles. The van der Waals surface area contributed by atoms with Gasteiger partial charge in [0.1, 0.15) is 60.8 Å². The third-order valence-electron chi connectivity index (χ3n) is 10.5. The van der Waals surface area contributed by atoms with Crippen LogP contribution in [0.4, 0.5) is 19.0 Å². The van der Waals surface area contributed by atoms with Gasteiger partial charge in [-0.15, -0.1) is 13.2 Å². The van der Waals surface area contributed by atoms with E-state index in [2.05, 4.69) is 21.7 Å². The Morgan fingerprint density at radius 3 is 2.10 bits per heavy atom. The van der Waals surface area contributed by atoms with E-state index in [0.29, 0.717) is 11.9 Å². The van der Waals surface area contributed by atoms with E-state index in [0.717, 1.165) is 50.6 Å². The summed E-state index contributed by atoms with van der Waals surface area (Å²) in [5, 5.41) is 45.2. The standard InChI is InChI=1S/C41H58F3N6O9P/c1-2-3-4-5-6-7-8-9-10-11-12-13-14-15-16-17-18-19-32(57-31-21-20-30(25-45)35(24-31)58-41(42,43)44)26-55-60(53,54)56-28-40(27-46)38(52)36(51)37(59-40)33-22-23-34-39(47)48-29-49-50(33)34/h20-24,29,32,36-38,51-52H,2-19,26,28H2,1H3,(H,53,54)(H2,47,48,49)/t32-,36+,37+,38+,40-/m1/s1. The first kappa shape index (κ1) is 48.7. The number of hydrogen-bond acceptors (Lipinski definition) is 13. The van der Waals surface area contributed by atoms with Crippen LogP contribution in [0, 0.1) is 22.7 Å². The van der Waals surface area contributed by atoms with Gasteiger partial charge in [-0.05, 0) is 37.1 Å². The first-order chi connectivity index (χ1) is 28.7. The number of halogens is 3. The van der Waals surface area contributed by atoms with Crippen molar-refractivity contribution in [2.45, 2.75) is 159 Å². The average molecular weight is 867 g/mol. The zero-order valence-corrected chi connectivity index (χ0v) is 35.0. The van der Waals surface area contributed by atoms with Gasteiger partial charge in [0.05, 0.1) is 17.9 Å². The maximum Gasteiger partial charge on any atom is 0.573 e. The van der Waals surface area contributed by atoms with Crippen molar-refractivity contribution in [3.8, 4) is 23.6 Å². The number of rotatable bonds is 28. The highest BCUT2D eigenvalue weighted by Crippen LogP contribution is 2.48. The van der Waals surface area contributed by atoms with Gasteiger partial charge >= 0.3 is 14.2 Å². The van der Waals surface area contributed by atoms with E-state index in [4.69, 9.17) is 24.3 Å². The van der Waals surface area contributed by atoms with Crippen molar-refractivity contribution < 1.29 is 56.1 Å². The number of hydrogen-bond donors (Lipinski definition) is 4. The lowest BCUT2D eigenvalue weighted by atomic mass is 9.96. The summed E-state index contributed by atoms with van der Waals surface area (Å²) >= 11 is 0. The maximum atomic E-state index is 13.2. The Morgan fingerprint density at radius 2 is 1.53 bits per heavy atom. The predicted molar refractivity (Wildman–Crippen MR) is 214 cm³/mol. The SMILES string of the molecule is CCCCCCCCCCCCCCCCCCC[C@H](COP(=O)(O)OC[C@@]1(C#N)O[C@@H](c2ccc3c(N)ncnn23)[C@H](O)[C@@H]1O)Oc1ccc(C#N)c(OC(F)(F)F)c1. The van der Waals surface area contributed by atoms with E-state index in [1.54, 1.807) is 18.2 Å². The monoisotopic (exact) mass is 866 g/mol. The van der Waals surface area contributed by atoms with Gasteiger partial charge in [0.15, 0.2) is 11.6 Å². The van der Waals surface area contributed by atoms with Crippen LogP contribution in [0.3, 0.4) is 0 Å². The molecule has 1 saturated heterocycles. The number of aromatic nitrogens is 3. The summed E-state index contributed by atoms with van der Waals surface area (Å²) in [5.74, 6) is -0.768. The van der Waals surface area contributed by atoms with Crippen LogP contribution in [0.2, 0.25) is 0 Å². The number of anilines is 1. The summed E-state index contributed by atoms with van der Waals surface area (Å²) in [4.78, 5) is 14.6. The van der Waals surface area contributed by atoms with Gasteiger partial charge in [-0.2, -0.15) is 15.6 Å². The molecule has 1 aromatic carbocycles. The smallest absolute Gasteiger partial charge is 0.488 e. The lowest BCUT2D eigenvalue weighted by Crippen LogP contribution is -2.45. The number of nitrogen functional groups attached to an aromatic ring is 1.